The smallest absolute Gasteiger partial charge is 0.385 e. The SMILES string of the molecule is CCC(CC)(OC)C(O)c1cccc(C(F)(F)F)c1. The number of alkyl halides is 3. The largest absolute Gasteiger partial charge is 0.416 e. The lowest BCUT2D eigenvalue weighted by Gasteiger charge is -2.35. The van der Waals surface area contributed by atoms with E-state index in [0.717, 1.165) is 12.1 Å². The summed E-state index contributed by atoms with van der Waals surface area (Å²) in [6, 6.07) is 4.75. The van der Waals surface area contributed by atoms with E-state index in [0.29, 0.717) is 12.8 Å². The molecule has 0 aliphatic heterocycles. The van der Waals surface area contributed by atoms with Gasteiger partial charge in [0.2, 0.25) is 0 Å². The summed E-state index contributed by atoms with van der Waals surface area (Å²) in [5.41, 5.74) is -1.40. The van der Waals surface area contributed by atoms with Gasteiger partial charge in [0.05, 0.1) is 11.2 Å². The maximum atomic E-state index is 12.7. The third-order valence-corrected chi connectivity index (χ3v) is 3.63. The number of aliphatic hydroxyl groups is 1. The molecule has 0 saturated carbocycles. The summed E-state index contributed by atoms with van der Waals surface area (Å²) in [6.07, 6.45) is -4.48. The van der Waals surface area contributed by atoms with E-state index in [1.807, 2.05) is 13.8 Å². The van der Waals surface area contributed by atoms with Crippen molar-refractivity contribution in [1.82, 2.24) is 0 Å². The first-order chi connectivity index (χ1) is 8.80. The fourth-order valence-corrected chi connectivity index (χ4v) is 2.23. The summed E-state index contributed by atoms with van der Waals surface area (Å²) in [5, 5.41) is 10.3. The second-order valence-corrected chi connectivity index (χ2v) is 4.50. The first-order valence-electron chi connectivity index (χ1n) is 6.21. The number of ether oxygens (including phenoxy) is 1. The number of rotatable bonds is 5. The van der Waals surface area contributed by atoms with Gasteiger partial charge in [0.1, 0.15) is 6.10 Å². The van der Waals surface area contributed by atoms with E-state index in [2.05, 4.69) is 0 Å². The van der Waals surface area contributed by atoms with Crippen LogP contribution in [0.5, 0.6) is 0 Å². The van der Waals surface area contributed by atoms with Gasteiger partial charge >= 0.3 is 6.18 Å². The molecular weight excluding hydrogens is 257 g/mol. The molecule has 0 saturated heterocycles. The van der Waals surface area contributed by atoms with Crippen molar-refractivity contribution in [2.75, 3.05) is 7.11 Å². The Morgan fingerprint density at radius 1 is 1.21 bits per heavy atom. The molecule has 0 aliphatic rings. The lowest BCUT2D eigenvalue weighted by molar-refractivity contribution is -0.138. The molecule has 108 valence electrons. The Balaban J connectivity index is 3.16. The van der Waals surface area contributed by atoms with Crippen LogP contribution in [-0.4, -0.2) is 17.8 Å². The van der Waals surface area contributed by atoms with Crippen molar-refractivity contribution in [3.05, 3.63) is 35.4 Å². The summed E-state index contributed by atoms with van der Waals surface area (Å²) in [4.78, 5) is 0. The minimum absolute atomic E-state index is 0.223. The van der Waals surface area contributed by atoms with Crippen molar-refractivity contribution in [3.63, 3.8) is 0 Å². The highest BCUT2D eigenvalue weighted by Gasteiger charge is 2.37. The zero-order valence-corrected chi connectivity index (χ0v) is 11.3. The number of hydrogen-bond donors (Lipinski definition) is 1. The van der Waals surface area contributed by atoms with Crippen LogP contribution in [0.15, 0.2) is 24.3 Å². The Bertz CT molecular complexity index is 403. The summed E-state index contributed by atoms with van der Waals surface area (Å²) in [7, 11) is 1.46. The Morgan fingerprint density at radius 3 is 2.21 bits per heavy atom. The molecule has 1 N–H and O–H groups in total. The molecule has 1 unspecified atom stereocenters. The molecule has 0 amide bonds. The predicted octanol–water partition coefficient (Wildman–Crippen LogP) is 3.94. The minimum Gasteiger partial charge on any atom is -0.385 e. The second-order valence-electron chi connectivity index (χ2n) is 4.50. The maximum absolute atomic E-state index is 12.7. The van der Waals surface area contributed by atoms with E-state index in [1.54, 1.807) is 0 Å². The van der Waals surface area contributed by atoms with Crippen molar-refractivity contribution in [2.45, 2.75) is 44.6 Å². The number of hydrogen-bond acceptors (Lipinski definition) is 2. The number of aliphatic hydroxyl groups excluding tert-OH is 1. The number of methoxy groups -OCH3 is 1. The van der Waals surface area contributed by atoms with Gasteiger partial charge in [-0.2, -0.15) is 13.2 Å². The van der Waals surface area contributed by atoms with Crippen LogP contribution < -0.4 is 0 Å². The first-order valence-corrected chi connectivity index (χ1v) is 6.21. The monoisotopic (exact) mass is 276 g/mol. The lowest BCUT2D eigenvalue weighted by atomic mass is 9.85. The highest BCUT2D eigenvalue weighted by Crippen LogP contribution is 2.37. The Hall–Kier alpha value is -1.07. The molecule has 0 aromatic heterocycles. The Labute approximate surface area is 111 Å². The van der Waals surface area contributed by atoms with E-state index in [1.165, 1.54) is 19.2 Å². The zero-order valence-electron chi connectivity index (χ0n) is 11.3. The van der Waals surface area contributed by atoms with Crippen LogP contribution >= 0.6 is 0 Å². The molecule has 1 aromatic rings. The highest BCUT2D eigenvalue weighted by molar-refractivity contribution is 5.28. The number of halogens is 3. The molecule has 0 radical (unpaired) electrons. The van der Waals surface area contributed by atoms with Crippen LogP contribution in [0.3, 0.4) is 0 Å². The molecule has 0 heterocycles. The van der Waals surface area contributed by atoms with Crippen LogP contribution in [0, 0.1) is 0 Å². The van der Waals surface area contributed by atoms with Gasteiger partial charge in [-0.15, -0.1) is 0 Å². The molecule has 5 heteroatoms. The Kier molecular flexibility index (Phi) is 4.98. The fraction of sp³-hybridized carbons (Fsp3) is 0.571. The average molecular weight is 276 g/mol. The molecule has 19 heavy (non-hydrogen) atoms. The van der Waals surface area contributed by atoms with Gasteiger partial charge in [-0.3, -0.25) is 0 Å². The van der Waals surface area contributed by atoms with Gasteiger partial charge in [-0.25, -0.2) is 0 Å². The van der Waals surface area contributed by atoms with Crippen molar-refractivity contribution < 1.29 is 23.0 Å². The van der Waals surface area contributed by atoms with Gasteiger partial charge in [0, 0.05) is 7.11 Å². The maximum Gasteiger partial charge on any atom is 0.416 e. The number of benzene rings is 1. The van der Waals surface area contributed by atoms with Crippen LogP contribution in [0.4, 0.5) is 13.2 Å². The van der Waals surface area contributed by atoms with E-state index in [9.17, 15) is 18.3 Å². The quantitative estimate of drug-likeness (QED) is 0.882. The molecule has 1 atom stereocenters. The van der Waals surface area contributed by atoms with Crippen LogP contribution in [0.2, 0.25) is 0 Å². The standard InChI is InChI=1S/C14H19F3O2/c1-4-13(5-2,19-3)12(18)10-7-6-8-11(9-10)14(15,16)17/h6-9,12,18H,4-5H2,1-3H3. The second kappa shape index (κ2) is 5.92. The summed E-state index contributed by atoms with van der Waals surface area (Å²) in [6.45, 7) is 3.67. The minimum atomic E-state index is -4.41. The molecule has 2 nitrogen and oxygen atoms in total. The highest BCUT2D eigenvalue weighted by atomic mass is 19.4. The van der Waals surface area contributed by atoms with E-state index >= 15 is 0 Å². The third-order valence-electron chi connectivity index (χ3n) is 3.63. The van der Waals surface area contributed by atoms with Gasteiger partial charge in [0.25, 0.3) is 0 Å². The van der Waals surface area contributed by atoms with Crippen molar-refractivity contribution in [2.24, 2.45) is 0 Å². The van der Waals surface area contributed by atoms with Crippen molar-refractivity contribution >= 4 is 0 Å². The summed E-state index contributed by atoms with van der Waals surface area (Å²) < 4.78 is 43.3. The Morgan fingerprint density at radius 2 is 1.79 bits per heavy atom. The van der Waals surface area contributed by atoms with E-state index in [4.69, 9.17) is 4.74 Å². The molecule has 0 spiro atoms. The first kappa shape index (κ1) is 16.0. The van der Waals surface area contributed by atoms with Crippen molar-refractivity contribution in [1.29, 1.82) is 0 Å². The van der Waals surface area contributed by atoms with Gasteiger partial charge in [0.15, 0.2) is 0 Å². The van der Waals surface area contributed by atoms with Gasteiger partial charge < -0.3 is 9.84 Å². The van der Waals surface area contributed by atoms with Crippen LogP contribution in [0.1, 0.15) is 43.9 Å². The van der Waals surface area contributed by atoms with E-state index < -0.39 is 23.4 Å². The topological polar surface area (TPSA) is 29.5 Å². The molecule has 1 aromatic carbocycles. The normalized spacial score (nSPS) is 14.5. The zero-order chi connectivity index (χ0) is 14.7. The predicted molar refractivity (Wildman–Crippen MR) is 66.7 cm³/mol. The molecule has 1 rings (SSSR count). The van der Waals surface area contributed by atoms with Crippen LogP contribution in [-0.2, 0) is 10.9 Å². The average Bonchev–Trinajstić information content (AvgIpc) is 2.40. The molecular formula is C14H19F3O2. The molecule has 0 bridgehead atoms. The summed E-state index contributed by atoms with van der Waals surface area (Å²) >= 11 is 0. The summed E-state index contributed by atoms with van der Waals surface area (Å²) in [5.74, 6) is 0. The third kappa shape index (κ3) is 3.28. The molecule has 0 fully saturated rings. The van der Waals surface area contributed by atoms with Crippen LogP contribution in [0.25, 0.3) is 0 Å². The van der Waals surface area contributed by atoms with Gasteiger partial charge in [-0.1, -0.05) is 26.0 Å². The fourth-order valence-electron chi connectivity index (χ4n) is 2.23. The van der Waals surface area contributed by atoms with Gasteiger partial charge in [-0.05, 0) is 30.5 Å². The van der Waals surface area contributed by atoms with E-state index in [-0.39, 0.29) is 5.56 Å². The van der Waals surface area contributed by atoms with Crippen molar-refractivity contribution in [3.8, 4) is 0 Å². The lowest BCUT2D eigenvalue weighted by Crippen LogP contribution is -2.37. The molecule has 0 aliphatic carbocycles.